The summed E-state index contributed by atoms with van der Waals surface area (Å²) in [5, 5.41) is 6.23. The maximum atomic E-state index is 11.8. The maximum Gasteiger partial charge on any atom is 0.236 e. The van der Waals surface area contributed by atoms with Crippen molar-refractivity contribution in [1.82, 2.24) is 15.5 Å². The first kappa shape index (κ1) is 18.4. The average Bonchev–Trinajstić information content (AvgIpc) is 2.49. The van der Waals surface area contributed by atoms with Crippen LogP contribution in [0.4, 0.5) is 0 Å². The number of hydrogen-bond acceptors (Lipinski definition) is 4. The monoisotopic (exact) mass is 299 g/mol. The van der Waals surface area contributed by atoms with Crippen LogP contribution in [0.3, 0.4) is 0 Å². The van der Waals surface area contributed by atoms with Crippen molar-refractivity contribution in [2.24, 2.45) is 0 Å². The van der Waals surface area contributed by atoms with Gasteiger partial charge >= 0.3 is 0 Å². The van der Waals surface area contributed by atoms with Gasteiger partial charge in [0.25, 0.3) is 0 Å². The number of rotatable bonds is 10. The normalized spacial score (nSPS) is 21.2. The Bertz CT molecular complexity index is 287. The van der Waals surface area contributed by atoms with Crippen molar-refractivity contribution >= 4 is 5.91 Å². The van der Waals surface area contributed by atoms with Crippen LogP contribution >= 0.6 is 0 Å². The molecule has 2 atom stereocenters. The number of carbonyl (C=O) groups is 1. The second-order valence-corrected chi connectivity index (χ2v) is 6.05. The van der Waals surface area contributed by atoms with E-state index in [-0.39, 0.29) is 11.9 Å². The highest BCUT2D eigenvalue weighted by Gasteiger charge is 2.17. The van der Waals surface area contributed by atoms with Crippen LogP contribution in [-0.4, -0.2) is 62.8 Å². The molecular weight excluding hydrogens is 266 g/mol. The smallest absolute Gasteiger partial charge is 0.236 e. The van der Waals surface area contributed by atoms with Crippen molar-refractivity contribution in [3.63, 3.8) is 0 Å². The quantitative estimate of drug-likeness (QED) is 0.599. The molecule has 5 nitrogen and oxygen atoms in total. The molecule has 1 amide bonds. The Morgan fingerprint density at radius 3 is 2.86 bits per heavy atom. The van der Waals surface area contributed by atoms with E-state index in [0.717, 1.165) is 32.0 Å². The predicted molar refractivity (Wildman–Crippen MR) is 86.5 cm³/mol. The minimum atomic E-state index is -0.119. The number of ether oxygens (including phenoxy) is 1. The van der Waals surface area contributed by atoms with Crippen LogP contribution in [0.15, 0.2) is 0 Å². The molecule has 2 unspecified atom stereocenters. The second-order valence-electron chi connectivity index (χ2n) is 6.05. The van der Waals surface area contributed by atoms with Crippen molar-refractivity contribution in [3.05, 3.63) is 0 Å². The molecule has 21 heavy (non-hydrogen) atoms. The van der Waals surface area contributed by atoms with Gasteiger partial charge in [0, 0.05) is 26.3 Å². The van der Waals surface area contributed by atoms with Gasteiger partial charge in [0.2, 0.25) is 5.91 Å². The molecule has 0 aromatic carbocycles. The standard InChI is InChI=1S/C16H33N3O2/c1-14-8-4-5-11-19(14)12-6-9-17-15(2)16(20)18-10-7-13-21-3/h14-15,17H,4-13H2,1-3H3,(H,18,20). The number of nitrogens with zero attached hydrogens (tertiary/aromatic N) is 1. The third kappa shape index (κ3) is 7.79. The summed E-state index contributed by atoms with van der Waals surface area (Å²) in [5.41, 5.74) is 0. The Labute approximate surface area is 129 Å². The van der Waals surface area contributed by atoms with Gasteiger partial charge < -0.3 is 20.3 Å². The molecule has 1 rings (SSSR count). The number of likely N-dealkylation sites (tertiary alicyclic amines) is 1. The van der Waals surface area contributed by atoms with E-state index < -0.39 is 0 Å². The van der Waals surface area contributed by atoms with Gasteiger partial charge in [0.1, 0.15) is 0 Å². The minimum absolute atomic E-state index is 0.0810. The van der Waals surface area contributed by atoms with Gasteiger partial charge in [-0.1, -0.05) is 6.42 Å². The maximum absolute atomic E-state index is 11.8. The zero-order valence-corrected chi connectivity index (χ0v) is 14.0. The van der Waals surface area contributed by atoms with Crippen LogP contribution in [0.25, 0.3) is 0 Å². The van der Waals surface area contributed by atoms with Crippen LogP contribution in [0, 0.1) is 0 Å². The predicted octanol–water partition coefficient (Wildman–Crippen LogP) is 1.38. The molecule has 0 aliphatic carbocycles. The van der Waals surface area contributed by atoms with Gasteiger partial charge in [-0.15, -0.1) is 0 Å². The van der Waals surface area contributed by atoms with Gasteiger partial charge in [-0.05, 0) is 59.2 Å². The van der Waals surface area contributed by atoms with E-state index in [4.69, 9.17) is 4.74 Å². The topological polar surface area (TPSA) is 53.6 Å². The molecule has 0 bridgehead atoms. The summed E-state index contributed by atoms with van der Waals surface area (Å²) >= 11 is 0. The molecule has 1 fully saturated rings. The molecule has 1 aliphatic rings. The van der Waals surface area contributed by atoms with Crippen molar-refractivity contribution < 1.29 is 9.53 Å². The van der Waals surface area contributed by atoms with E-state index in [1.165, 1.54) is 25.8 Å². The van der Waals surface area contributed by atoms with Crippen LogP contribution in [0.5, 0.6) is 0 Å². The molecule has 124 valence electrons. The van der Waals surface area contributed by atoms with Crippen LogP contribution in [-0.2, 0) is 9.53 Å². The Hall–Kier alpha value is -0.650. The lowest BCUT2D eigenvalue weighted by Gasteiger charge is -2.33. The van der Waals surface area contributed by atoms with Gasteiger partial charge in [-0.3, -0.25) is 4.79 Å². The molecule has 1 aliphatic heterocycles. The summed E-state index contributed by atoms with van der Waals surface area (Å²) in [7, 11) is 1.68. The number of amides is 1. The zero-order chi connectivity index (χ0) is 15.5. The van der Waals surface area contributed by atoms with Gasteiger partial charge in [-0.2, -0.15) is 0 Å². The lowest BCUT2D eigenvalue weighted by Crippen LogP contribution is -2.44. The highest BCUT2D eigenvalue weighted by molar-refractivity contribution is 5.81. The average molecular weight is 299 g/mol. The summed E-state index contributed by atoms with van der Waals surface area (Å²) in [6.07, 6.45) is 6.00. The molecule has 0 aromatic heterocycles. The number of carbonyl (C=O) groups excluding carboxylic acids is 1. The van der Waals surface area contributed by atoms with E-state index in [2.05, 4.69) is 22.5 Å². The van der Waals surface area contributed by atoms with Crippen LogP contribution < -0.4 is 10.6 Å². The molecule has 1 saturated heterocycles. The Kier molecular flexibility index (Phi) is 9.63. The molecule has 0 saturated carbocycles. The SMILES string of the molecule is COCCCNC(=O)C(C)NCCCN1CCCCC1C. The van der Waals surface area contributed by atoms with Crippen LogP contribution in [0.2, 0.25) is 0 Å². The molecule has 5 heteroatoms. The fourth-order valence-corrected chi connectivity index (χ4v) is 2.76. The molecular formula is C16H33N3O2. The lowest BCUT2D eigenvalue weighted by molar-refractivity contribution is -0.122. The number of nitrogens with one attached hydrogen (secondary N) is 2. The molecule has 0 aromatic rings. The largest absolute Gasteiger partial charge is 0.385 e. The first-order valence-corrected chi connectivity index (χ1v) is 8.39. The van der Waals surface area contributed by atoms with E-state index in [1.54, 1.807) is 7.11 Å². The lowest BCUT2D eigenvalue weighted by atomic mass is 10.0. The van der Waals surface area contributed by atoms with Gasteiger partial charge in [-0.25, -0.2) is 0 Å². The fourth-order valence-electron chi connectivity index (χ4n) is 2.76. The van der Waals surface area contributed by atoms with Crippen molar-refractivity contribution in [3.8, 4) is 0 Å². The highest BCUT2D eigenvalue weighted by atomic mass is 16.5. The van der Waals surface area contributed by atoms with E-state index in [0.29, 0.717) is 13.2 Å². The van der Waals surface area contributed by atoms with Gasteiger partial charge in [0.15, 0.2) is 0 Å². The third-order valence-electron chi connectivity index (χ3n) is 4.23. The summed E-state index contributed by atoms with van der Waals surface area (Å²) in [6.45, 7) is 8.89. The third-order valence-corrected chi connectivity index (χ3v) is 4.23. The van der Waals surface area contributed by atoms with Crippen molar-refractivity contribution in [1.29, 1.82) is 0 Å². The second kappa shape index (κ2) is 11.0. The van der Waals surface area contributed by atoms with Crippen LogP contribution in [0.1, 0.15) is 46.0 Å². The molecule has 0 spiro atoms. The minimum Gasteiger partial charge on any atom is -0.385 e. The van der Waals surface area contributed by atoms with Crippen molar-refractivity contribution in [2.45, 2.75) is 58.0 Å². The zero-order valence-electron chi connectivity index (χ0n) is 14.0. The molecule has 0 radical (unpaired) electrons. The summed E-state index contributed by atoms with van der Waals surface area (Å²) in [4.78, 5) is 14.4. The number of hydrogen-bond donors (Lipinski definition) is 2. The first-order chi connectivity index (χ1) is 10.1. The number of piperidine rings is 1. The van der Waals surface area contributed by atoms with Gasteiger partial charge in [0.05, 0.1) is 6.04 Å². The Balaban J connectivity index is 2.04. The fraction of sp³-hybridized carbons (Fsp3) is 0.938. The highest BCUT2D eigenvalue weighted by Crippen LogP contribution is 2.15. The van der Waals surface area contributed by atoms with E-state index in [9.17, 15) is 4.79 Å². The summed E-state index contributed by atoms with van der Waals surface area (Å²) in [6, 6.07) is 0.603. The number of methoxy groups -OCH3 is 1. The molecule has 1 heterocycles. The summed E-state index contributed by atoms with van der Waals surface area (Å²) < 4.78 is 4.96. The Morgan fingerprint density at radius 2 is 2.14 bits per heavy atom. The van der Waals surface area contributed by atoms with E-state index in [1.807, 2.05) is 6.92 Å². The van der Waals surface area contributed by atoms with Crippen molar-refractivity contribution in [2.75, 3.05) is 39.9 Å². The first-order valence-electron chi connectivity index (χ1n) is 8.39. The molecule has 2 N–H and O–H groups in total. The Morgan fingerprint density at radius 1 is 1.33 bits per heavy atom. The van der Waals surface area contributed by atoms with E-state index >= 15 is 0 Å². The summed E-state index contributed by atoms with van der Waals surface area (Å²) in [5.74, 6) is 0.0810.